The average molecular weight is 528 g/mol. The number of nitrogens with zero attached hydrogens (tertiary/aromatic N) is 3. The highest BCUT2D eigenvalue weighted by atomic mass is 32.2. The number of fused-ring (bicyclic) bond motifs is 2. The SMILES string of the molecule is COc1ccc2c(c1)c(OCc1cc([N+](=O)[O-])cc3c1OCOC3)nn2S(=O)(=O)c1ccc(C)c(O)c1. The Hall–Kier alpha value is -4.36. The highest BCUT2D eigenvalue weighted by molar-refractivity contribution is 7.90. The minimum atomic E-state index is -4.22. The second-order valence-electron chi connectivity index (χ2n) is 8.23. The van der Waals surface area contributed by atoms with Gasteiger partial charge in [-0.3, -0.25) is 10.1 Å². The zero-order valence-corrected chi connectivity index (χ0v) is 20.5. The molecular weight excluding hydrogens is 506 g/mol. The van der Waals surface area contributed by atoms with Gasteiger partial charge in [-0.1, -0.05) is 6.07 Å². The van der Waals surface area contributed by atoms with Gasteiger partial charge in [0.2, 0.25) is 5.88 Å². The Balaban J connectivity index is 1.59. The van der Waals surface area contributed by atoms with Crippen LogP contribution in [0.4, 0.5) is 5.69 Å². The lowest BCUT2D eigenvalue weighted by Gasteiger charge is -2.20. The standard InChI is InChI=1S/C24H21N3O9S/c1-14-3-5-19(10-22(14)28)37(31,32)26-21-6-4-18(33-2)9-20(21)24(25-26)35-12-16-8-17(27(29)30)7-15-11-34-13-36-23(15)16/h3-10,28H,11-13H2,1-2H3. The van der Waals surface area contributed by atoms with E-state index in [4.69, 9.17) is 18.9 Å². The summed E-state index contributed by atoms with van der Waals surface area (Å²) < 4.78 is 49.7. The van der Waals surface area contributed by atoms with E-state index < -0.39 is 14.9 Å². The van der Waals surface area contributed by atoms with Gasteiger partial charge in [-0.05, 0) is 36.8 Å². The Kier molecular flexibility index (Phi) is 6.09. The lowest BCUT2D eigenvalue weighted by molar-refractivity contribution is -0.385. The predicted molar refractivity (Wildman–Crippen MR) is 129 cm³/mol. The highest BCUT2D eigenvalue weighted by Gasteiger charge is 2.26. The van der Waals surface area contributed by atoms with Crippen molar-refractivity contribution in [1.29, 1.82) is 0 Å². The van der Waals surface area contributed by atoms with Gasteiger partial charge in [-0.25, -0.2) is 0 Å². The van der Waals surface area contributed by atoms with Crippen LogP contribution in [0.3, 0.4) is 0 Å². The van der Waals surface area contributed by atoms with Crippen LogP contribution in [0.5, 0.6) is 23.1 Å². The summed E-state index contributed by atoms with van der Waals surface area (Å²) in [5, 5.41) is 26.0. The molecule has 37 heavy (non-hydrogen) atoms. The molecule has 12 nitrogen and oxygen atoms in total. The molecule has 0 unspecified atom stereocenters. The second-order valence-corrected chi connectivity index (χ2v) is 10.0. The van der Waals surface area contributed by atoms with Gasteiger partial charge < -0.3 is 24.1 Å². The highest BCUT2D eigenvalue weighted by Crippen LogP contribution is 2.36. The third kappa shape index (κ3) is 4.38. The van der Waals surface area contributed by atoms with Gasteiger partial charge in [0.25, 0.3) is 15.7 Å². The molecule has 0 amide bonds. The number of aryl methyl sites for hydroxylation is 1. The van der Waals surface area contributed by atoms with Gasteiger partial charge in [0.15, 0.2) is 6.79 Å². The maximum atomic E-state index is 13.5. The summed E-state index contributed by atoms with van der Waals surface area (Å²) in [4.78, 5) is 10.7. The molecule has 0 saturated heterocycles. The summed E-state index contributed by atoms with van der Waals surface area (Å²) in [6.45, 7) is 1.57. The molecule has 3 aromatic carbocycles. The van der Waals surface area contributed by atoms with E-state index in [2.05, 4.69) is 5.10 Å². The Morgan fingerprint density at radius 1 is 1.19 bits per heavy atom. The fourth-order valence-electron chi connectivity index (χ4n) is 3.95. The molecule has 1 aromatic heterocycles. The van der Waals surface area contributed by atoms with Gasteiger partial charge >= 0.3 is 0 Å². The fourth-order valence-corrected chi connectivity index (χ4v) is 5.25. The van der Waals surface area contributed by atoms with Crippen LogP contribution >= 0.6 is 0 Å². The third-order valence-electron chi connectivity index (χ3n) is 5.87. The summed E-state index contributed by atoms with van der Waals surface area (Å²) >= 11 is 0. The van der Waals surface area contributed by atoms with E-state index in [0.29, 0.717) is 33.6 Å². The molecule has 192 valence electrons. The number of non-ortho nitro benzene ring substituents is 1. The van der Waals surface area contributed by atoms with E-state index in [9.17, 15) is 23.6 Å². The number of hydrogen-bond acceptors (Lipinski definition) is 10. The number of hydrogen-bond donors (Lipinski definition) is 1. The fraction of sp³-hybridized carbons (Fsp3) is 0.208. The van der Waals surface area contributed by atoms with Gasteiger partial charge in [-0.15, -0.1) is 9.19 Å². The van der Waals surface area contributed by atoms with Gasteiger partial charge in [0.1, 0.15) is 23.9 Å². The van der Waals surface area contributed by atoms with Crippen molar-refractivity contribution in [2.24, 2.45) is 0 Å². The molecule has 0 radical (unpaired) electrons. The molecule has 4 aromatic rings. The number of methoxy groups -OCH3 is 1. The smallest absolute Gasteiger partial charge is 0.283 e. The topological polar surface area (TPSA) is 152 Å². The first-order valence-electron chi connectivity index (χ1n) is 10.9. The molecule has 0 atom stereocenters. The van der Waals surface area contributed by atoms with Crippen LogP contribution in [0.15, 0.2) is 53.4 Å². The minimum absolute atomic E-state index is 0.0196. The maximum Gasteiger partial charge on any atom is 0.283 e. The van der Waals surface area contributed by atoms with Crippen molar-refractivity contribution in [3.05, 3.63) is 75.3 Å². The normalized spacial score (nSPS) is 13.1. The molecule has 13 heteroatoms. The lowest BCUT2D eigenvalue weighted by atomic mass is 10.1. The number of rotatable bonds is 7. The zero-order chi connectivity index (χ0) is 26.3. The molecule has 5 rings (SSSR count). The van der Waals surface area contributed by atoms with Crippen molar-refractivity contribution in [1.82, 2.24) is 9.19 Å². The van der Waals surface area contributed by atoms with Crippen LogP contribution in [-0.2, 0) is 28.0 Å². The Bertz CT molecular complexity index is 1650. The first kappa shape index (κ1) is 24.3. The largest absolute Gasteiger partial charge is 0.508 e. The van der Waals surface area contributed by atoms with Crippen LogP contribution < -0.4 is 14.2 Å². The minimum Gasteiger partial charge on any atom is -0.508 e. The zero-order valence-electron chi connectivity index (χ0n) is 19.7. The number of ether oxygens (including phenoxy) is 4. The van der Waals surface area contributed by atoms with Crippen LogP contribution in [0, 0.1) is 17.0 Å². The second kappa shape index (κ2) is 9.26. The first-order chi connectivity index (χ1) is 17.7. The van der Waals surface area contributed by atoms with E-state index in [1.807, 2.05) is 0 Å². The van der Waals surface area contributed by atoms with E-state index in [1.165, 1.54) is 37.4 Å². The van der Waals surface area contributed by atoms with Crippen molar-refractivity contribution in [2.75, 3.05) is 13.9 Å². The quantitative estimate of drug-likeness (QED) is 0.278. The number of nitro benzene ring substituents is 1. The average Bonchev–Trinajstić information content (AvgIpc) is 3.27. The van der Waals surface area contributed by atoms with Gasteiger partial charge in [-0.2, -0.15) is 8.42 Å². The molecule has 1 N–H and O–H groups in total. The summed E-state index contributed by atoms with van der Waals surface area (Å²) in [5.74, 6) is 0.632. The summed E-state index contributed by atoms with van der Waals surface area (Å²) in [7, 11) is -2.76. The molecule has 1 aliphatic heterocycles. The Labute approximate surface area is 210 Å². The van der Waals surface area contributed by atoms with E-state index in [0.717, 1.165) is 10.2 Å². The first-order valence-corrected chi connectivity index (χ1v) is 12.4. The van der Waals surface area contributed by atoms with Crippen LogP contribution in [-0.4, -0.2) is 41.5 Å². The van der Waals surface area contributed by atoms with Crippen molar-refractivity contribution in [3.63, 3.8) is 0 Å². The number of phenols is 1. The molecular formula is C24H21N3O9S. The summed E-state index contributed by atoms with van der Waals surface area (Å²) in [6, 6.07) is 11.4. The number of aromatic hydroxyl groups is 1. The molecule has 2 heterocycles. The molecule has 0 aliphatic carbocycles. The number of nitro groups is 1. The number of benzene rings is 3. The van der Waals surface area contributed by atoms with Crippen LogP contribution in [0.25, 0.3) is 10.9 Å². The van der Waals surface area contributed by atoms with Crippen LogP contribution in [0.1, 0.15) is 16.7 Å². The van der Waals surface area contributed by atoms with Crippen molar-refractivity contribution in [2.45, 2.75) is 25.0 Å². The molecule has 0 saturated carbocycles. The monoisotopic (exact) mass is 527 g/mol. The van der Waals surface area contributed by atoms with Gasteiger partial charge in [0, 0.05) is 29.3 Å². The molecule has 1 aliphatic rings. The van der Waals surface area contributed by atoms with Crippen molar-refractivity contribution in [3.8, 4) is 23.1 Å². The molecule has 0 spiro atoms. The van der Waals surface area contributed by atoms with Crippen molar-refractivity contribution >= 4 is 26.6 Å². The van der Waals surface area contributed by atoms with Crippen molar-refractivity contribution < 1.29 is 37.4 Å². The van der Waals surface area contributed by atoms with Crippen LogP contribution in [0.2, 0.25) is 0 Å². The molecule has 0 fully saturated rings. The Morgan fingerprint density at radius 2 is 2.00 bits per heavy atom. The number of phenolic OH excluding ortho intramolecular Hbond substituents is 1. The lowest BCUT2D eigenvalue weighted by Crippen LogP contribution is -2.15. The summed E-state index contributed by atoms with van der Waals surface area (Å²) in [6.07, 6.45) is 0. The van der Waals surface area contributed by atoms with E-state index in [1.54, 1.807) is 19.1 Å². The van der Waals surface area contributed by atoms with Gasteiger partial charge in [0.05, 0.1) is 34.4 Å². The Morgan fingerprint density at radius 3 is 2.73 bits per heavy atom. The molecule has 0 bridgehead atoms. The predicted octanol–water partition coefficient (Wildman–Crippen LogP) is 3.65. The maximum absolute atomic E-state index is 13.5. The number of aromatic nitrogens is 2. The summed E-state index contributed by atoms with van der Waals surface area (Å²) in [5.41, 5.74) is 1.44. The third-order valence-corrected chi connectivity index (χ3v) is 7.46. The van der Waals surface area contributed by atoms with E-state index in [-0.39, 0.29) is 47.7 Å². The van der Waals surface area contributed by atoms with E-state index >= 15 is 0 Å².